The van der Waals surface area contributed by atoms with E-state index in [9.17, 15) is 9.59 Å². The summed E-state index contributed by atoms with van der Waals surface area (Å²) in [6.45, 7) is 4.15. The molecule has 6 nitrogen and oxygen atoms in total. The number of aromatic nitrogens is 2. The maximum absolute atomic E-state index is 13.6. The van der Waals surface area contributed by atoms with E-state index in [2.05, 4.69) is 17.0 Å². The Balaban J connectivity index is 1.46. The van der Waals surface area contributed by atoms with Gasteiger partial charge in [0.05, 0.1) is 10.5 Å². The van der Waals surface area contributed by atoms with Gasteiger partial charge in [0.15, 0.2) is 0 Å². The van der Waals surface area contributed by atoms with Crippen LogP contribution in [0.15, 0.2) is 58.4 Å². The van der Waals surface area contributed by atoms with Crippen molar-refractivity contribution in [1.82, 2.24) is 14.3 Å². The summed E-state index contributed by atoms with van der Waals surface area (Å²) in [6.07, 6.45) is 5.14. The summed E-state index contributed by atoms with van der Waals surface area (Å²) in [4.78, 5) is 36.1. The summed E-state index contributed by atoms with van der Waals surface area (Å²) < 4.78 is 2.11. The number of thiocarbonyl (C=S) groups is 1. The fourth-order valence-corrected chi connectivity index (χ4v) is 6.55. The molecule has 180 valence electrons. The predicted molar refractivity (Wildman–Crippen MR) is 150 cm³/mol. The third-order valence-corrected chi connectivity index (χ3v) is 8.53. The lowest BCUT2D eigenvalue weighted by Gasteiger charge is -2.29. The Labute approximate surface area is 218 Å². The lowest BCUT2D eigenvalue weighted by Crippen LogP contribution is -2.36. The number of pyridine rings is 1. The van der Waals surface area contributed by atoms with Gasteiger partial charge in [0.25, 0.3) is 11.5 Å². The Morgan fingerprint density at radius 3 is 2.63 bits per heavy atom. The highest BCUT2D eigenvalue weighted by atomic mass is 32.2. The van der Waals surface area contributed by atoms with Gasteiger partial charge in [0, 0.05) is 37.3 Å². The average molecular weight is 523 g/mol. The number of rotatable bonds is 6. The summed E-state index contributed by atoms with van der Waals surface area (Å²) >= 11 is 8.71. The Morgan fingerprint density at radius 2 is 1.86 bits per heavy atom. The number of thioether (sulfide) groups is 2. The van der Waals surface area contributed by atoms with Gasteiger partial charge in [-0.05, 0) is 43.0 Å². The molecule has 2 aliphatic rings. The van der Waals surface area contributed by atoms with Crippen molar-refractivity contribution in [2.75, 3.05) is 36.0 Å². The second-order valence-electron chi connectivity index (χ2n) is 8.56. The van der Waals surface area contributed by atoms with Crippen LogP contribution in [0.2, 0.25) is 0 Å². The molecule has 4 heterocycles. The zero-order chi connectivity index (χ0) is 24.4. The van der Waals surface area contributed by atoms with Gasteiger partial charge in [-0.2, -0.15) is 11.8 Å². The van der Waals surface area contributed by atoms with Crippen LogP contribution in [-0.2, 0) is 11.2 Å². The first-order chi connectivity index (χ1) is 17.0. The van der Waals surface area contributed by atoms with E-state index in [1.165, 1.54) is 17.3 Å². The fourth-order valence-electron chi connectivity index (χ4n) is 4.35. The zero-order valence-electron chi connectivity index (χ0n) is 19.5. The van der Waals surface area contributed by atoms with Crippen LogP contribution in [0.5, 0.6) is 0 Å². The number of carbonyl (C=O) groups is 1. The first kappa shape index (κ1) is 24.1. The van der Waals surface area contributed by atoms with E-state index in [1.54, 1.807) is 21.6 Å². The van der Waals surface area contributed by atoms with Gasteiger partial charge in [-0.1, -0.05) is 60.4 Å². The number of benzene rings is 1. The number of hydrogen-bond acceptors (Lipinski definition) is 7. The van der Waals surface area contributed by atoms with E-state index in [0.29, 0.717) is 32.8 Å². The van der Waals surface area contributed by atoms with E-state index >= 15 is 0 Å². The van der Waals surface area contributed by atoms with Crippen LogP contribution >= 0.6 is 35.7 Å². The number of hydrogen-bond donors (Lipinski definition) is 0. The lowest BCUT2D eigenvalue weighted by atomic mass is 10.1. The number of nitrogens with zero attached hydrogens (tertiary/aromatic N) is 4. The first-order valence-electron chi connectivity index (χ1n) is 11.7. The maximum Gasteiger partial charge on any atom is 0.267 e. The molecule has 0 bridgehead atoms. The molecule has 1 aromatic carbocycles. The fraction of sp³-hybridized carbons (Fsp3) is 0.308. The molecule has 2 aliphatic heterocycles. The van der Waals surface area contributed by atoms with E-state index in [0.717, 1.165) is 43.0 Å². The molecule has 0 atom stereocenters. The van der Waals surface area contributed by atoms with Crippen molar-refractivity contribution in [2.45, 2.75) is 19.8 Å². The largest absolute Gasteiger partial charge is 0.354 e. The molecule has 2 fully saturated rings. The maximum atomic E-state index is 13.6. The van der Waals surface area contributed by atoms with Crippen molar-refractivity contribution in [1.29, 1.82) is 0 Å². The second kappa shape index (κ2) is 10.6. The van der Waals surface area contributed by atoms with Gasteiger partial charge >= 0.3 is 0 Å². The summed E-state index contributed by atoms with van der Waals surface area (Å²) in [5, 5.41) is 0. The summed E-state index contributed by atoms with van der Waals surface area (Å²) in [5.74, 6) is 2.48. The molecule has 0 radical (unpaired) electrons. The highest BCUT2D eigenvalue weighted by Crippen LogP contribution is 2.34. The molecule has 0 N–H and O–H groups in total. The van der Waals surface area contributed by atoms with Gasteiger partial charge in [0.1, 0.15) is 15.8 Å². The number of anilines is 1. The van der Waals surface area contributed by atoms with Crippen LogP contribution in [0.1, 0.15) is 23.1 Å². The zero-order valence-corrected chi connectivity index (χ0v) is 21.9. The van der Waals surface area contributed by atoms with Crippen LogP contribution in [-0.4, -0.2) is 55.7 Å². The highest BCUT2D eigenvalue weighted by molar-refractivity contribution is 8.26. The van der Waals surface area contributed by atoms with Crippen molar-refractivity contribution in [2.24, 2.45) is 0 Å². The van der Waals surface area contributed by atoms with Crippen molar-refractivity contribution in [3.8, 4) is 0 Å². The SMILES string of the molecule is Cc1cccn2c(=O)c(/C=C3\SC(=S)N(CCCc4ccccc4)C3=O)c(N3CCSCC3)nc12. The molecule has 2 saturated heterocycles. The van der Waals surface area contributed by atoms with Crippen molar-refractivity contribution in [3.63, 3.8) is 0 Å². The molecular weight excluding hydrogens is 497 g/mol. The van der Waals surface area contributed by atoms with Gasteiger partial charge < -0.3 is 4.90 Å². The van der Waals surface area contributed by atoms with E-state index in [-0.39, 0.29) is 11.5 Å². The topological polar surface area (TPSA) is 57.9 Å². The molecule has 5 rings (SSSR count). The first-order valence-corrected chi connectivity index (χ1v) is 14.0. The highest BCUT2D eigenvalue weighted by Gasteiger charge is 2.32. The van der Waals surface area contributed by atoms with Crippen molar-refractivity contribution in [3.05, 3.63) is 80.6 Å². The van der Waals surface area contributed by atoms with Gasteiger partial charge in [-0.3, -0.25) is 18.9 Å². The van der Waals surface area contributed by atoms with Crippen molar-refractivity contribution >= 4 is 63.5 Å². The molecule has 0 aliphatic carbocycles. The normalized spacial score (nSPS) is 17.7. The van der Waals surface area contributed by atoms with E-state index < -0.39 is 0 Å². The summed E-state index contributed by atoms with van der Waals surface area (Å²) in [5.41, 5.74) is 3.11. The molecule has 0 spiro atoms. The minimum atomic E-state index is -0.165. The van der Waals surface area contributed by atoms with Crippen LogP contribution < -0.4 is 10.5 Å². The van der Waals surface area contributed by atoms with Crippen molar-refractivity contribution < 1.29 is 4.79 Å². The summed E-state index contributed by atoms with van der Waals surface area (Å²) in [7, 11) is 0. The third kappa shape index (κ3) is 5.03. The van der Waals surface area contributed by atoms with Crippen LogP contribution in [0, 0.1) is 6.92 Å². The predicted octanol–water partition coefficient (Wildman–Crippen LogP) is 4.39. The number of aryl methyl sites for hydroxylation is 2. The summed E-state index contributed by atoms with van der Waals surface area (Å²) in [6, 6.07) is 14.0. The molecule has 9 heteroatoms. The quantitative estimate of drug-likeness (QED) is 0.352. The number of carbonyl (C=O) groups excluding carboxylic acids is 1. The van der Waals surface area contributed by atoms with Crippen LogP contribution in [0.3, 0.4) is 0 Å². The lowest BCUT2D eigenvalue weighted by molar-refractivity contribution is -0.122. The molecule has 0 saturated carbocycles. The standard InChI is InChI=1S/C26H26N4O2S3/c1-18-7-5-11-29-22(18)27-23(28-13-15-34-16-14-28)20(24(29)31)17-21-25(32)30(26(33)35-21)12-6-10-19-8-3-2-4-9-19/h2-5,7-9,11,17H,6,10,12-16H2,1H3/b21-17-. The van der Waals surface area contributed by atoms with Crippen LogP contribution in [0.4, 0.5) is 5.82 Å². The third-order valence-electron chi connectivity index (χ3n) is 6.21. The monoisotopic (exact) mass is 522 g/mol. The smallest absolute Gasteiger partial charge is 0.267 e. The minimum absolute atomic E-state index is 0.137. The Hall–Kier alpha value is -2.62. The van der Waals surface area contributed by atoms with Gasteiger partial charge in [0.2, 0.25) is 0 Å². The van der Waals surface area contributed by atoms with E-state index in [4.69, 9.17) is 17.2 Å². The van der Waals surface area contributed by atoms with Gasteiger partial charge in [-0.15, -0.1) is 0 Å². The minimum Gasteiger partial charge on any atom is -0.354 e. The molecule has 2 aromatic heterocycles. The van der Waals surface area contributed by atoms with Gasteiger partial charge in [-0.25, -0.2) is 4.98 Å². The molecule has 1 amide bonds. The molecular formula is C26H26N4O2S3. The molecule has 0 unspecified atom stereocenters. The number of fused-ring (bicyclic) bond motifs is 1. The molecule has 35 heavy (non-hydrogen) atoms. The Bertz CT molecular complexity index is 1360. The van der Waals surface area contributed by atoms with Crippen LogP contribution in [0.25, 0.3) is 11.7 Å². The molecule has 3 aromatic rings. The van der Waals surface area contributed by atoms with E-state index in [1.807, 2.05) is 49.0 Å². The Kier molecular flexibility index (Phi) is 7.27. The number of amides is 1. The Morgan fingerprint density at radius 1 is 1.09 bits per heavy atom. The average Bonchev–Trinajstić information content (AvgIpc) is 3.14. The second-order valence-corrected chi connectivity index (χ2v) is 11.5.